The molecular formula is C18H32N2. The maximum absolute atomic E-state index is 5.76. The molecule has 0 aromatic heterocycles. The standard InChI is InChI=1S/C18H32N2/c1-13(2)15-7-9-16(10-8-15)17(20-19)11-14(3)12-18(4,5)6/h7-10,13-14,17,20H,11-12,19H2,1-6H3. The highest BCUT2D eigenvalue weighted by atomic mass is 15.2. The van der Waals surface area contributed by atoms with Crippen LogP contribution in [0.15, 0.2) is 24.3 Å². The van der Waals surface area contributed by atoms with Crippen LogP contribution in [0.3, 0.4) is 0 Å². The van der Waals surface area contributed by atoms with Crippen LogP contribution in [0.5, 0.6) is 0 Å². The summed E-state index contributed by atoms with van der Waals surface area (Å²) >= 11 is 0. The molecule has 1 aromatic carbocycles. The molecule has 2 unspecified atom stereocenters. The SMILES string of the molecule is CC(CC(NN)c1ccc(C(C)C)cc1)CC(C)(C)C. The van der Waals surface area contributed by atoms with Gasteiger partial charge in [-0.05, 0) is 41.2 Å². The molecule has 3 N–H and O–H groups in total. The summed E-state index contributed by atoms with van der Waals surface area (Å²) in [5.74, 6) is 7.00. The van der Waals surface area contributed by atoms with Gasteiger partial charge in [-0.1, -0.05) is 65.8 Å². The second-order valence-electron chi connectivity index (χ2n) is 7.65. The van der Waals surface area contributed by atoms with E-state index >= 15 is 0 Å². The summed E-state index contributed by atoms with van der Waals surface area (Å²) in [6.45, 7) is 13.7. The quantitative estimate of drug-likeness (QED) is 0.580. The average molecular weight is 276 g/mol. The third-order valence-corrected chi connectivity index (χ3v) is 3.81. The van der Waals surface area contributed by atoms with E-state index in [1.165, 1.54) is 17.5 Å². The van der Waals surface area contributed by atoms with Crippen molar-refractivity contribution in [3.05, 3.63) is 35.4 Å². The third-order valence-electron chi connectivity index (χ3n) is 3.81. The Bertz CT molecular complexity index is 387. The van der Waals surface area contributed by atoms with Crippen LogP contribution >= 0.6 is 0 Å². The van der Waals surface area contributed by atoms with E-state index in [4.69, 9.17) is 5.84 Å². The molecule has 2 heteroatoms. The maximum Gasteiger partial charge on any atom is 0.0462 e. The summed E-state index contributed by atoms with van der Waals surface area (Å²) in [5.41, 5.74) is 6.03. The normalized spacial score (nSPS) is 15.4. The lowest BCUT2D eigenvalue weighted by Gasteiger charge is -2.26. The van der Waals surface area contributed by atoms with Crippen LogP contribution in [-0.4, -0.2) is 0 Å². The van der Waals surface area contributed by atoms with Crippen molar-refractivity contribution in [3.8, 4) is 0 Å². The molecular weight excluding hydrogens is 244 g/mol. The van der Waals surface area contributed by atoms with E-state index in [9.17, 15) is 0 Å². The molecule has 0 saturated carbocycles. The van der Waals surface area contributed by atoms with Crippen molar-refractivity contribution >= 4 is 0 Å². The van der Waals surface area contributed by atoms with Gasteiger partial charge >= 0.3 is 0 Å². The Morgan fingerprint density at radius 3 is 1.90 bits per heavy atom. The van der Waals surface area contributed by atoms with Crippen LogP contribution in [0.2, 0.25) is 0 Å². The van der Waals surface area contributed by atoms with E-state index in [1.807, 2.05) is 0 Å². The van der Waals surface area contributed by atoms with Crippen molar-refractivity contribution in [3.63, 3.8) is 0 Å². The Balaban J connectivity index is 2.70. The van der Waals surface area contributed by atoms with Crippen LogP contribution in [0.4, 0.5) is 0 Å². The van der Waals surface area contributed by atoms with E-state index in [2.05, 4.69) is 71.2 Å². The number of nitrogens with one attached hydrogen (secondary N) is 1. The first kappa shape index (κ1) is 17.2. The van der Waals surface area contributed by atoms with Crippen LogP contribution in [0, 0.1) is 11.3 Å². The van der Waals surface area contributed by atoms with Gasteiger partial charge in [0.1, 0.15) is 0 Å². The second-order valence-corrected chi connectivity index (χ2v) is 7.65. The average Bonchev–Trinajstić information content (AvgIpc) is 2.34. The molecule has 114 valence electrons. The minimum atomic E-state index is 0.244. The summed E-state index contributed by atoms with van der Waals surface area (Å²) in [6, 6.07) is 9.11. The zero-order valence-corrected chi connectivity index (χ0v) is 14.0. The molecule has 20 heavy (non-hydrogen) atoms. The first-order valence-electron chi connectivity index (χ1n) is 7.79. The lowest BCUT2D eigenvalue weighted by Crippen LogP contribution is -2.30. The summed E-state index contributed by atoms with van der Waals surface area (Å²) < 4.78 is 0. The topological polar surface area (TPSA) is 38.0 Å². The molecule has 0 amide bonds. The number of hydrogen-bond acceptors (Lipinski definition) is 2. The molecule has 2 atom stereocenters. The summed E-state index contributed by atoms with van der Waals surface area (Å²) in [4.78, 5) is 0. The first-order valence-corrected chi connectivity index (χ1v) is 7.79. The van der Waals surface area contributed by atoms with Gasteiger partial charge in [-0.25, -0.2) is 0 Å². The zero-order chi connectivity index (χ0) is 15.3. The summed E-state index contributed by atoms with van der Waals surface area (Å²) in [6.07, 6.45) is 2.30. The lowest BCUT2D eigenvalue weighted by atomic mass is 9.82. The summed E-state index contributed by atoms with van der Waals surface area (Å²) in [7, 11) is 0. The van der Waals surface area contributed by atoms with Crippen molar-refractivity contribution in [2.45, 2.75) is 66.3 Å². The van der Waals surface area contributed by atoms with Gasteiger partial charge in [-0.3, -0.25) is 11.3 Å². The van der Waals surface area contributed by atoms with Crippen molar-refractivity contribution in [2.75, 3.05) is 0 Å². The van der Waals surface area contributed by atoms with E-state index in [0.717, 1.165) is 6.42 Å². The number of nitrogens with two attached hydrogens (primary N) is 1. The molecule has 0 fully saturated rings. The van der Waals surface area contributed by atoms with Crippen LogP contribution in [0.1, 0.15) is 77.5 Å². The molecule has 0 aliphatic heterocycles. The minimum Gasteiger partial charge on any atom is -0.271 e. The molecule has 0 bridgehead atoms. The van der Waals surface area contributed by atoms with E-state index in [1.54, 1.807) is 0 Å². The van der Waals surface area contributed by atoms with Crippen molar-refractivity contribution < 1.29 is 0 Å². The molecule has 0 radical (unpaired) electrons. The van der Waals surface area contributed by atoms with E-state index in [-0.39, 0.29) is 6.04 Å². The third kappa shape index (κ3) is 5.64. The smallest absolute Gasteiger partial charge is 0.0462 e. The predicted octanol–water partition coefficient (Wildman–Crippen LogP) is 4.78. The Kier molecular flexibility index (Phi) is 6.22. The molecule has 0 saturated heterocycles. The van der Waals surface area contributed by atoms with Gasteiger partial charge in [0.25, 0.3) is 0 Å². The molecule has 0 heterocycles. The van der Waals surface area contributed by atoms with Gasteiger partial charge in [-0.2, -0.15) is 0 Å². The number of hydrazine groups is 1. The van der Waals surface area contributed by atoms with E-state index < -0.39 is 0 Å². The van der Waals surface area contributed by atoms with Crippen molar-refractivity contribution in [1.82, 2.24) is 5.43 Å². The highest BCUT2D eigenvalue weighted by molar-refractivity contribution is 5.26. The van der Waals surface area contributed by atoms with Crippen LogP contribution in [0.25, 0.3) is 0 Å². The fourth-order valence-corrected chi connectivity index (χ4v) is 2.94. The van der Waals surface area contributed by atoms with E-state index in [0.29, 0.717) is 17.3 Å². The Morgan fingerprint density at radius 2 is 1.50 bits per heavy atom. The Labute approximate surface area is 125 Å². The first-order chi connectivity index (χ1) is 9.23. The van der Waals surface area contributed by atoms with Gasteiger partial charge < -0.3 is 0 Å². The predicted molar refractivity (Wildman–Crippen MR) is 88.4 cm³/mol. The molecule has 1 rings (SSSR count). The second kappa shape index (κ2) is 7.24. The number of benzene rings is 1. The van der Waals surface area contributed by atoms with Gasteiger partial charge in [0.2, 0.25) is 0 Å². The Morgan fingerprint density at radius 1 is 1.00 bits per heavy atom. The van der Waals surface area contributed by atoms with Gasteiger partial charge in [-0.15, -0.1) is 0 Å². The van der Waals surface area contributed by atoms with Gasteiger partial charge in [0.05, 0.1) is 0 Å². The number of hydrogen-bond donors (Lipinski definition) is 2. The van der Waals surface area contributed by atoms with Gasteiger partial charge in [0.15, 0.2) is 0 Å². The molecule has 0 spiro atoms. The molecule has 1 aromatic rings. The monoisotopic (exact) mass is 276 g/mol. The van der Waals surface area contributed by atoms with Crippen LogP contribution < -0.4 is 11.3 Å². The van der Waals surface area contributed by atoms with Gasteiger partial charge in [0, 0.05) is 6.04 Å². The highest BCUT2D eigenvalue weighted by Gasteiger charge is 2.19. The zero-order valence-electron chi connectivity index (χ0n) is 14.0. The number of rotatable bonds is 6. The molecule has 2 nitrogen and oxygen atoms in total. The largest absolute Gasteiger partial charge is 0.271 e. The maximum atomic E-state index is 5.76. The fourth-order valence-electron chi connectivity index (χ4n) is 2.94. The fraction of sp³-hybridized carbons (Fsp3) is 0.667. The molecule has 0 aliphatic carbocycles. The molecule has 0 aliphatic rings. The Hall–Kier alpha value is -0.860. The highest BCUT2D eigenvalue weighted by Crippen LogP contribution is 2.30. The van der Waals surface area contributed by atoms with Crippen LogP contribution in [-0.2, 0) is 0 Å². The lowest BCUT2D eigenvalue weighted by molar-refractivity contribution is 0.276. The van der Waals surface area contributed by atoms with Crippen molar-refractivity contribution in [1.29, 1.82) is 0 Å². The minimum absolute atomic E-state index is 0.244. The summed E-state index contributed by atoms with van der Waals surface area (Å²) in [5, 5.41) is 0. The van der Waals surface area contributed by atoms with Crippen molar-refractivity contribution in [2.24, 2.45) is 17.2 Å².